The van der Waals surface area contributed by atoms with E-state index in [0.717, 1.165) is 0 Å². The van der Waals surface area contributed by atoms with Gasteiger partial charge in [0.2, 0.25) is 0 Å². The van der Waals surface area contributed by atoms with Crippen molar-refractivity contribution in [3.05, 3.63) is 64.0 Å². The van der Waals surface area contributed by atoms with E-state index in [-0.39, 0.29) is 11.3 Å². The van der Waals surface area contributed by atoms with E-state index in [4.69, 9.17) is 23.2 Å². The smallest absolute Gasteiger partial charge is 0.280 e. The van der Waals surface area contributed by atoms with Crippen LogP contribution in [0.25, 0.3) is 0 Å². The standard InChI is InChI=1S/C17H17Cl2N5O3/c18-5-8-23(9-6-19)15-4-3-13(16(10-15)24(26)27)12-21-22-17(25)14-2-1-7-20-11-14/h1-4,7,10-12H,5-6,8-9H2,(H,22,25)/b21-12+. The number of alkyl halides is 2. The molecule has 0 fully saturated rings. The number of rotatable bonds is 9. The number of hydrogen-bond acceptors (Lipinski definition) is 6. The van der Waals surface area contributed by atoms with Gasteiger partial charge < -0.3 is 4.90 Å². The zero-order chi connectivity index (χ0) is 19.6. The lowest BCUT2D eigenvalue weighted by Crippen LogP contribution is -2.27. The molecule has 8 nitrogen and oxygen atoms in total. The Morgan fingerprint density at radius 3 is 2.63 bits per heavy atom. The van der Waals surface area contributed by atoms with Crippen LogP contribution in [0.4, 0.5) is 11.4 Å². The van der Waals surface area contributed by atoms with Gasteiger partial charge in [0.15, 0.2) is 0 Å². The molecule has 2 rings (SSSR count). The molecule has 0 unspecified atom stereocenters. The molecule has 1 aromatic heterocycles. The third kappa shape index (κ3) is 5.90. The van der Waals surface area contributed by atoms with Gasteiger partial charge in [0, 0.05) is 49.0 Å². The summed E-state index contributed by atoms with van der Waals surface area (Å²) in [5.74, 6) is 0.275. The summed E-state index contributed by atoms with van der Waals surface area (Å²) in [6.07, 6.45) is 4.16. The summed E-state index contributed by atoms with van der Waals surface area (Å²) in [6.45, 7) is 1.03. The van der Waals surface area contributed by atoms with E-state index in [9.17, 15) is 14.9 Å². The van der Waals surface area contributed by atoms with Crippen LogP contribution in [0.3, 0.4) is 0 Å². The van der Waals surface area contributed by atoms with Crippen molar-refractivity contribution in [2.75, 3.05) is 29.7 Å². The molecule has 0 radical (unpaired) electrons. The van der Waals surface area contributed by atoms with Gasteiger partial charge in [-0.1, -0.05) is 0 Å². The number of carbonyl (C=O) groups excluding carboxylic acids is 1. The maximum Gasteiger partial charge on any atom is 0.280 e. The zero-order valence-electron chi connectivity index (χ0n) is 14.2. The number of nitrogens with one attached hydrogen (secondary N) is 1. The number of halogens is 2. The average Bonchev–Trinajstić information content (AvgIpc) is 2.68. The van der Waals surface area contributed by atoms with Crippen molar-refractivity contribution < 1.29 is 9.72 Å². The predicted octanol–water partition coefficient (Wildman–Crippen LogP) is 3.04. The van der Waals surface area contributed by atoms with Crippen LogP contribution in [-0.4, -0.2) is 46.9 Å². The van der Waals surface area contributed by atoms with E-state index < -0.39 is 10.8 Å². The number of carbonyl (C=O) groups is 1. The van der Waals surface area contributed by atoms with E-state index in [1.165, 1.54) is 18.5 Å². The fourth-order valence-corrected chi connectivity index (χ4v) is 2.70. The largest absolute Gasteiger partial charge is 0.369 e. The molecular formula is C17H17Cl2N5O3. The molecule has 0 spiro atoms. The molecule has 1 heterocycles. The highest BCUT2D eigenvalue weighted by molar-refractivity contribution is 6.18. The van der Waals surface area contributed by atoms with Crippen LogP contribution in [0.15, 0.2) is 47.8 Å². The highest BCUT2D eigenvalue weighted by Crippen LogP contribution is 2.25. The Labute approximate surface area is 165 Å². The molecule has 0 bridgehead atoms. The molecule has 0 aliphatic heterocycles. The highest BCUT2D eigenvalue weighted by Gasteiger charge is 2.16. The summed E-state index contributed by atoms with van der Waals surface area (Å²) in [6, 6.07) is 7.91. The van der Waals surface area contributed by atoms with Gasteiger partial charge in [-0.05, 0) is 24.3 Å². The minimum atomic E-state index is -0.507. The van der Waals surface area contributed by atoms with Crippen LogP contribution in [0.2, 0.25) is 0 Å². The van der Waals surface area contributed by atoms with E-state index >= 15 is 0 Å². The van der Waals surface area contributed by atoms with Crippen molar-refractivity contribution in [2.24, 2.45) is 5.10 Å². The summed E-state index contributed by atoms with van der Waals surface area (Å²) in [7, 11) is 0. The zero-order valence-corrected chi connectivity index (χ0v) is 15.7. The summed E-state index contributed by atoms with van der Waals surface area (Å²) >= 11 is 11.6. The van der Waals surface area contributed by atoms with Gasteiger partial charge in [-0.3, -0.25) is 19.9 Å². The normalized spacial score (nSPS) is 10.7. The van der Waals surface area contributed by atoms with Crippen molar-refractivity contribution in [3.8, 4) is 0 Å². The van der Waals surface area contributed by atoms with Crippen molar-refractivity contribution in [1.29, 1.82) is 0 Å². The quantitative estimate of drug-likeness (QED) is 0.296. The molecule has 0 saturated heterocycles. The number of hydrogen-bond donors (Lipinski definition) is 1. The minimum Gasteiger partial charge on any atom is -0.369 e. The second kappa shape index (κ2) is 10.4. The van der Waals surface area contributed by atoms with Crippen LogP contribution in [0, 0.1) is 10.1 Å². The van der Waals surface area contributed by atoms with Crippen molar-refractivity contribution in [2.45, 2.75) is 0 Å². The van der Waals surface area contributed by atoms with Gasteiger partial charge >= 0.3 is 0 Å². The molecular weight excluding hydrogens is 393 g/mol. The van der Waals surface area contributed by atoms with E-state index in [0.29, 0.717) is 36.1 Å². The molecule has 0 atom stereocenters. The van der Waals surface area contributed by atoms with Gasteiger partial charge in [0.05, 0.1) is 22.3 Å². The Bertz CT molecular complexity index is 811. The first-order chi connectivity index (χ1) is 13.1. The molecule has 142 valence electrons. The molecule has 1 N–H and O–H groups in total. The van der Waals surface area contributed by atoms with Gasteiger partial charge in [0.25, 0.3) is 11.6 Å². The monoisotopic (exact) mass is 409 g/mol. The molecule has 0 aliphatic rings. The predicted molar refractivity (Wildman–Crippen MR) is 106 cm³/mol. The number of nitrogens with zero attached hydrogens (tertiary/aromatic N) is 4. The van der Waals surface area contributed by atoms with Crippen LogP contribution >= 0.6 is 23.2 Å². The molecule has 27 heavy (non-hydrogen) atoms. The SMILES string of the molecule is O=C(N/N=C/c1ccc(N(CCCl)CCCl)cc1[N+](=O)[O-])c1cccnc1. The second-order valence-electron chi connectivity index (χ2n) is 5.31. The van der Waals surface area contributed by atoms with E-state index in [1.807, 2.05) is 4.90 Å². The third-order valence-electron chi connectivity index (χ3n) is 3.58. The molecule has 2 aromatic rings. The van der Waals surface area contributed by atoms with Crippen molar-refractivity contribution in [3.63, 3.8) is 0 Å². The Balaban J connectivity index is 2.18. The molecule has 10 heteroatoms. The first kappa shape index (κ1) is 20.6. The van der Waals surface area contributed by atoms with Crippen LogP contribution in [0.1, 0.15) is 15.9 Å². The fraction of sp³-hybridized carbons (Fsp3) is 0.235. The van der Waals surface area contributed by atoms with Gasteiger partial charge in [0.1, 0.15) is 0 Å². The molecule has 0 aliphatic carbocycles. The number of benzene rings is 1. The third-order valence-corrected chi connectivity index (χ3v) is 3.92. The van der Waals surface area contributed by atoms with Crippen LogP contribution in [0.5, 0.6) is 0 Å². The van der Waals surface area contributed by atoms with Crippen molar-refractivity contribution >= 4 is 46.7 Å². The molecule has 1 aromatic carbocycles. The maximum absolute atomic E-state index is 11.9. The van der Waals surface area contributed by atoms with Crippen molar-refractivity contribution in [1.82, 2.24) is 10.4 Å². The fourth-order valence-electron chi connectivity index (χ4n) is 2.29. The summed E-state index contributed by atoms with van der Waals surface area (Å²) in [5, 5.41) is 15.2. The molecule has 1 amide bonds. The van der Waals surface area contributed by atoms with Crippen LogP contribution in [-0.2, 0) is 0 Å². The number of nitro benzene ring substituents is 1. The summed E-state index contributed by atoms with van der Waals surface area (Å²) < 4.78 is 0. The summed E-state index contributed by atoms with van der Waals surface area (Å²) in [4.78, 5) is 28.5. The van der Waals surface area contributed by atoms with Gasteiger partial charge in [-0.25, -0.2) is 5.43 Å². The number of anilines is 1. The number of hydrazone groups is 1. The van der Waals surface area contributed by atoms with E-state index in [2.05, 4.69) is 15.5 Å². The lowest BCUT2D eigenvalue weighted by atomic mass is 10.1. The number of aromatic nitrogens is 1. The summed E-state index contributed by atoms with van der Waals surface area (Å²) in [5.41, 5.74) is 3.40. The second-order valence-corrected chi connectivity index (χ2v) is 6.06. The van der Waals surface area contributed by atoms with Crippen LogP contribution < -0.4 is 10.3 Å². The Morgan fingerprint density at radius 1 is 1.30 bits per heavy atom. The maximum atomic E-state index is 11.9. The first-order valence-electron chi connectivity index (χ1n) is 7.95. The van der Waals surface area contributed by atoms with Gasteiger partial charge in [-0.2, -0.15) is 5.10 Å². The Morgan fingerprint density at radius 2 is 2.04 bits per heavy atom. The topological polar surface area (TPSA) is 101 Å². The lowest BCUT2D eigenvalue weighted by Gasteiger charge is -2.22. The number of amides is 1. The number of nitro groups is 1. The molecule has 0 saturated carbocycles. The van der Waals surface area contributed by atoms with E-state index in [1.54, 1.807) is 30.5 Å². The van der Waals surface area contributed by atoms with Gasteiger partial charge in [-0.15, -0.1) is 23.2 Å². The minimum absolute atomic E-state index is 0.138. The highest BCUT2D eigenvalue weighted by atomic mass is 35.5. The Hall–Kier alpha value is -2.71. The lowest BCUT2D eigenvalue weighted by molar-refractivity contribution is -0.384. The average molecular weight is 410 g/mol. The Kier molecular flexibility index (Phi) is 7.97. The first-order valence-corrected chi connectivity index (χ1v) is 9.02. The number of pyridine rings is 1.